The number of carboxylic acids is 2. The van der Waals surface area contributed by atoms with Gasteiger partial charge in [-0.1, -0.05) is 41.5 Å². The van der Waals surface area contributed by atoms with E-state index in [0.717, 1.165) is 0 Å². The summed E-state index contributed by atoms with van der Waals surface area (Å²) in [5.41, 5.74) is 1.19. The molecule has 6 heteroatoms. The topological polar surface area (TPSA) is 93.1 Å². The van der Waals surface area contributed by atoms with Gasteiger partial charge in [0.05, 0.1) is 11.1 Å². The van der Waals surface area contributed by atoms with Crippen molar-refractivity contribution in [1.82, 2.24) is 0 Å². The molecular weight excluding hydrogens is 432 g/mol. The van der Waals surface area contributed by atoms with E-state index in [1.54, 1.807) is 60.7 Å². The Morgan fingerprint density at radius 3 is 1.12 bits per heavy atom. The first-order valence-corrected chi connectivity index (χ1v) is 11.0. The van der Waals surface area contributed by atoms with Gasteiger partial charge in [0, 0.05) is 0 Å². The number of benzene rings is 3. The first kappa shape index (κ1) is 24.8. The number of rotatable bonds is 6. The van der Waals surface area contributed by atoms with Crippen molar-refractivity contribution in [2.75, 3.05) is 0 Å². The van der Waals surface area contributed by atoms with Crippen molar-refractivity contribution in [3.8, 4) is 23.0 Å². The highest BCUT2D eigenvalue weighted by Crippen LogP contribution is 2.34. The number of carboxylic acid groups (broad SMARTS) is 2. The molecular formula is C28H30O6. The van der Waals surface area contributed by atoms with E-state index in [-0.39, 0.29) is 22.0 Å². The van der Waals surface area contributed by atoms with Crippen LogP contribution in [-0.2, 0) is 10.8 Å². The molecule has 6 nitrogen and oxygen atoms in total. The van der Waals surface area contributed by atoms with Crippen molar-refractivity contribution in [2.24, 2.45) is 0 Å². The molecule has 0 bridgehead atoms. The lowest BCUT2D eigenvalue weighted by Crippen LogP contribution is -2.17. The van der Waals surface area contributed by atoms with Gasteiger partial charge in [-0.3, -0.25) is 0 Å². The third-order valence-electron chi connectivity index (χ3n) is 5.35. The minimum Gasteiger partial charge on any atom is -0.478 e. The van der Waals surface area contributed by atoms with Gasteiger partial charge in [0.2, 0.25) is 0 Å². The molecule has 0 saturated carbocycles. The fourth-order valence-corrected chi connectivity index (χ4v) is 3.64. The monoisotopic (exact) mass is 462 g/mol. The molecule has 0 atom stereocenters. The molecule has 0 heterocycles. The average Bonchev–Trinajstić information content (AvgIpc) is 2.73. The van der Waals surface area contributed by atoms with Gasteiger partial charge in [-0.15, -0.1) is 0 Å². The Morgan fingerprint density at radius 2 is 0.853 bits per heavy atom. The number of hydrogen-bond acceptors (Lipinski definition) is 4. The van der Waals surface area contributed by atoms with Crippen LogP contribution in [0, 0.1) is 0 Å². The molecule has 3 aromatic carbocycles. The molecule has 3 rings (SSSR count). The maximum absolute atomic E-state index is 11.6. The lowest BCUT2D eigenvalue weighted by Gasteiger charge is -2.22. The SMILES string of the molecule is CC(C)(C)c1cc(Oc2ccc(Oc3ccc(C(=O)O)c(C(C)(C)C)c3)cc2)ccc1C(=O)O. The fourth-order valence-electron chi connectivity index (χ4n) is 3.64. The third kappa shape index (κ3) is 5.76. The van der Waals surface area contributed by atoms with Crippen LogP contribution in [0.2, 0.25) is 0 Å². The zero-order valence-corrected chi connectivity index (χ0v) is 20.3. The van der Waals surface area contributed by atoms with Crippen molar-refractivity contribution < 1.29 is 29.3 Å². The van der Waals surface area contributed by atoms with Crippen molar-refractivity contribution in [3.63, 3.8) is 0 Å². The van der Waals surface area contributed by atoms with Gasteiger partial charge < -0.3 is 19.7 Å². The van der Waals surface area contributed by atoms with Crippen LogP contribution in [-0.4, -0.2) is 22.2 Å². The summed E-state index contributed by atoms with van der Waals surface area (Å²) in [7, 11) is 0. The first-order valence-electron chi connectivity index (χ1n) is 11.0. The summed E-state index contributed by atoms with van der Waals surface area (Å²) in [6.07, 6.45) is 0. The molecule has 0 unspecified atom stereocenters. The van der Waals surface area contributed by atoms with Crippen LogP contribution < -0.4 is 9.47 Å². The van der Waals surface area contributed by atoms with Crippen LogP contribution in [0.1, 0.15) is 73.4 Å². The van der Waals surface area contributed by atoms with Crippen LogP contribution in [0.15, 0.2) is 60.7 Å². The molecule has 0 radical (unpaired) electrons. The molecule has 0 amide bonds. The zero-order valence-electron chi connectivity index (χ0n) is 20.3. The second-order valence-electron chi connectivity index (χ2n) is 10.2. The van der Waals surface area contributed by atoms with Crippen molar-refractivity contribution >= 4 is 11.9 Å². The molecule has 0 aliphatic heterocycles. The molecule has 0 fully saturated rings. The van der Waals surface area contributed by atoms with E-state index >= 15 is 0 Å². The van der Waals surface area contributed by atoms with Crippen molar-refractivity contribution in [1.29, 1.82) is 0 Å². The van der Waals surface area contributed by atoms with E-state index in [1.165, 1.54) is 0 Å². The fraction of sp³-hybridized carbons (Fsp3) is 0.286. The molecule has 0 aliphatic carbocycles. The van der Waals surface area contributed by atoms with Crippen molar-refractivity contribution in [3.05, 3.63) is 82.9 Å². The van der Waals surface area contributed by atoms with Gasteiger partial charge >= 0.3 is 11.9 Å². The maximum atomic E-state index is 11.6. The van der Waals surface area contributed by atoms with Gasteiger partial charge in [0.15, 0.2) is 0 Å². The second-order valence-corrected chi connectivity index (χ2v) is 10.2. The zero-order chi connectivity index (χ0) is 25.3. The quantitative estimate of drug-likeness (QED) is 0.400. The Kier molecular flexibility index (Phi) is 6.73. The van der Waals surface area contributed by atoms with Gasteiger partial charge in [0.25, 0.3) is 0 Å². The van der Waals surface area contributed by atoms with Gasteiger partial charge in [-0.05, 0) is 82.6 Å². The van der Waals surface area contributed by atoms with E-state index in [2.05, 4.69) is 0 Å². The summed E-state index contributed by atoms with van der Waals surface area (Å²) in [5, 5.41) is 19.0. The maximum Gasteiger partial charge on any atom is 0.335 e. The molecule has 0 aliphatic rings. The predicted octanol–water partition coefficient (Wildman–Crippen LogP) is 7.26. The van der Waals surface area contributed by atoms with Gasteiger partial charge in [-0.25, -0.2) is 9.59 Å². The van der Waals surface area contributed by atoms with Crippen LogP contribution >= 0.6 is 0 Å². The van der Waals surface area contributed by atoms with Crippen LogP contribution in [0.3, 0.4) is 0 Å². The van der Waals surface area contributed by atoms with E-state index in [1.807, 2.05) is 41.5 Å². The molecule has 3 aromatic rings. The van der Waals surface area contributed by atoms with E-state index in [9.17, 15) is 19.8 Å². The summed E-state index contributed by atoms with van der Waals surface area (Å²) in [5.74, 6) is 0.303. The molecule has 34 heavy (non-hydrogen) atoms. The number of ether oxygens (including phenoxy) is 2. The van der Waals surface area contributed by atoms with Crippen LogP contribution in [0.4, 0.5) is 0 Å². The minimum absolute atomic E-state index is 0.257. The Labute approximate surface area is 199 Å². The minimum atomic E-state index is -0.969. The van der Waals surface area contributed by atoms with E-state index < -0.39 is 11.9 Å². The van der Waals surface area contributed by atoms with Gasteiger partial charge in [-0.2, -0.15) is 0 Å². The highest BCUT2D eigenvalue weighted by molar-refractivity contribution is 5.90. The average molecular weight is 463 g/mol. The Hall–Kier alpha value is -3.80. The summed E-state index contributed by atoms with van der Waals surface area (Å²) in [6, 6.07) is 16.9. The van der Waals surface area contributed by atoms with Crippen LogP contribution in [0.5, 0.6) is 23.0 Å². The summed E-state index contributed by atoms with van der Waals surface area (Å²) < 4.78 is 11.9. The molecule has 2 N–H and O–H groups in total. The molecule has 178 valence electrons. The third-order valence-corrected chi connectivity index (χ3v) is 5.35. The highest BCUT2D eigenvalue weighted by Gasteiger charge is 2.23. The smallest absolute Gasteiger partial charge is 0.335 e. The van der Waals surface area contributed by atoms with Gasteiger partial charge in [0.1, 0.15) is 23.0 Å². The molecule has 0 saturated heterocycles. The summed E-state index contributed by atoms with van der Waals surface area (Å²) in [4.78, 5) is 23.1. The second kappa shape index (κ2) is 9.21. The normalized spacial score (nSPS) is 11.7. The Morgan fingerprint density at radius 1 is 0.559 bits per heavy atom. The number of aromatic carboxylic acids is 2. The lowest BCUT2D eigenvalue weighted by atomic mass is 9.83. The highest BCUT2D eigenvalue weighted by atomic mass is 16.5. The van der Waals surface area contributed by atoms with E-state index in [0.29, 0.717) is 34.1 Å². The lowest BCUT2D eigenvalue weighted by molar-refractivity contribution is 0.0683. The van der Waals surface area contributed by atoms with Crippen LogP contribution in [0.25, 0.3) is 0 Å². The summed E-state index contributed by atoms with van der Waals surface area (Å²) >= 11 is 0. The molecule has 0 aromatic heterocycles. The largest absolute Gasteiger partial charge is 0.478 e. The van der Waals surface area contributed by atoms with E-state index in [4.69, 9.17) is 9.47 Å². The number of carbonyl (C=O) groups is 2. The Balaban J connectivity index is 1.80. The Bertz CT molecular complexity index is 1110. The standard InChI is InChI=1S/C28H30O6/c1-27(2,3)23-15-19(11-13-21(23)25(29)30)33-17-7-9-18(10-8-17)34-20-12-14-22(26(31)32)24(16-20)28(4,5)6/h7-16H,1-6H3,(H,29,30)(H,31,32). The predicted molar refractivity (Wildman–Crippen MR) is 131 cm³/mol. The molecule has 0 spiro atoms. The van der Waals surface area contributed by atoms with Crippen molar-refractivity contribution in [2.45, 2.75) is 52.4 Å². The summed E-state index contributed by atoms with van der Waals surface area (Å²) in [6.45, 7) is 11.7. The number of hydrogen-bond donors (Lipinski definition) is 2. The first-order chi connectivity index (χ1) is 15.8.